The summed E-state index contributed by atoms with van der Waals surface area (Å²) in [5, 5.41) is 6.37. The molecule has 0 spiro atoms. The van der Waals surface area contributed by atoms with Crippen molar-refractivity contribution < 1.29 is 9.53 Å². The lowest BCUT2D eigenvalue weighted by atomic mass is 10.1. The number of rotatable bonds is 5. The molecular formula is C20H19ClN4O2. The van der Waals surface area contributed by atoms with Gasteiger partial charge in [-0.15, -0.1) is 0 Å². The Morgan fingerprint density at radius 1 is 1.11 bits per heavy atom. The highest BCUT2D eigenvalue weighted by molar-refractivity contribution is 6.32. The maximum absolute atomic E-state index is 12.5. The molecule has 0 atom stereocenters. The van der Waals surface area contributed by atoms with Crippen LogP contribution in [-0.4, -0.2) is 23.0 Å². The van der Waals surface area contributed by atoms with E-state index in [4.69, 9.17) is 16.3 Å². The number of nitrogens with one attached hydrogen (secondary N) is 2. The fourth-order valence-electron chi connectivity index (χ4n) is 2.56. The third-order valence-electron chi connectivity index (χ3n) is 3.93. The summed E-state index contributed by atoms with van der Waals surface area (Å²) in [7, 11) is 1.55. The number of ether oxygens (including phenoxy) is 1. The molecule has 0 aliphatic rings. The molecule has 7 heteroatoms. The maximum atomic E-state index is 12.5. The number of methoxy groups -OCH3 is 1. The molecule has 1 aromatic heterocycles. The Kier molecular flexibility index (Phi) is 5.57. The number of amides is 1. The molecule has 0 fully saturated rings. The number of hydrogen-bond donors (Lipinski definition) is 2. The molecule has 2 N–H and O–H groups in total. The molecule has 0 saturated heterocycles. The molecule has 0 aliphatic carbocycles. The van der Waals surface area contributed by atoms with E-state index in [1.165, 1.54) is 6.20 Å². The van der Waals surface area contributed by atoms with Crippen LogP contribution in [0.4, 0.5) is 17.3 Å². The van der Waals surface area contributed by atoms with Crippen molar-refractivity contribution in [2.45, 2.75) is 13.8 Å². The average molecular weight is 383 g/mol. The molecule has 1 heterocycles. The van der Waals surface area contributed by atoms with Crippen molar-refractivity contribution in [2.24, 2.45) is 0 Å². The van der Waals surface area contributed by atoms with E-state index >= 15 is 0 Å². The van der Waals surface area contributed by atoms with E-state index in [1.807, 2.05) is 32.0 Å². The summed E-state index contributed by atoms with van der Waals surface area (Å²) in [5.74, 6) is 0.564. The summed E-state index contributed by atoms with van der Waals surface area (Å²) >= 11 is 6.12. The third kappa shape index (κ3) is 4.54. The van der Waals surface area contributed by atoms with E-state index in [-0.39, 0.29) is 11.6 Å². The van der Waals surface area contributed by atoms with Gasteiger partial charge < -0.3 is 15.4 Å². The van der Waals surface area contributed by atoms with Crippen LogP contribution in [0.25, 0.3) is 0 Å². The predicted octanol–water partition coefficient (Wildman–Crippen LogP) is 4.75. The van der Waals surface area contributed by atoms with E-state index < -0.39 is 0 Å². The number of hydrogen-bond acceptors (Lipinski definition) is 5. The van der Waals surface area contributed by atoms with Crippen molar-refractivity contribution in [1.82, 2.24) is 9.97 Å². The first-order valence-electron chi connectivity index (χ1n) is 8.28. The normalized spacial score (nSPS) is 10.4. The Labute approximate surface area is 162 Å². The second-order valence-electron chi connectivity index (χ2n) is 6.01. The van der Waals surface area contributed by atoms with Crippen molar-refractivity contribution in [2.75, 3.05) is 17.7 Å². The Morgan fingerprint density at radius 2 is 1.93 bits per heavy atom. The van der Waals surface area contributed by atoms with E-state index in [0.717, 1.165) is 16.8 Å². The van der Waals surface area contributed by atoms with Crippen LogP contribution in [0, 0.1) is 13.8 Å². The molecule has 3 rings (SSSR count). The standard InChI is InChI=1S/C20H19ClN4O2/c1-12-4-6-16(13(2)10-12)24-19(26)17-8-9-22-20(25-17)23-14-5-7-18(27-3)15(21)11-14/h4-11H,1-3H3,(H,24,26)(H,22,23,25). The van der Waals surface area contributed by atoms with Gasteiger partial charge in [0.25, 0.3) is 5.91 Å². The molecule has 0 bridgehead atoms. The largest absolute Gasteiger partial charge is 0.495 e. The summed E-state index contributed by atoms with van der Waals surface area (Å²) in [6.07, 6.45) is 1.53. The van der Waals surface area contributed by atoms with Crippen LogP contribution in [0.2, 0.25) is 5.02 Å². The maximum Gasteiger partial charge on any atom is 0.274 e. The molecule has 6 nitrogen and oxygen atoms in total. The van der Waals surface area contributed by atoms with E-state index in [0.29, 0.717) is 22.4 Å². The summed E-state index contributed by atoms with van der Waals surface area (Å²) in [6.45, 7) is 3.95. The molecule has 1 amide bonds. The van der Waals surface area contributed by atoms with Crippen LogP contribution >= 0.6 is 11.6 Å². The zero-order valence-corrected chi connectivity index (χ0v) is 16.0. The molecule has 27 heavy (non-hydrogen) atoms. The first kappa shape index (κ1) is 18.7. The molecular weight excluding hydrogens is 364 g/mol. The van der Waals surface area contributed by atoms with Crippen LogP contribution in [0.15, 0.2) is 48.7 Å². The number of aryl methyl sites for hydroxylation is 2. The SMILES string of the molecule is COc1ccc(Nc2nccc(C(=O)Nc3ccc(C)cc3C)n2)cc1Cl. The summed E-state index contributed by atoms with van der Waals surface area (Å²) < 4.78 is 5.13. The number of benzene rings is 2. The van der Waals surface area contributed by atoms with Gasteiger partial charge in [-0.2, -0.15) is 0 Å². The van der Waals surface area contributed by atoms with Gasteiger partial charge in [0.05, 0.1) is 12.1 Å². The van der Waals surface area contributed by atoms with Gasteiger partial charge in [0.2, 0.25) is 5.95 Å². The number of anilines is 3. The lowest BCUT2D eigenvalue weighted by Gasteiger charge is -2.10. The van der Waals surface area contributed by atoms with Crippen LogP contribution in [0.1, 0.15) is 21.6 Å². The van der Waals surface area contributed by atoms with Crippen LogP contribution in [-0.2, 0) is 0 Å². The number of carbonyl (C=O) groups excluding carboxylic acids is 1. The van der Waals surface area contributed by atoms with E-state index in [1.54, 1.807) is 31.4 Å². The topological polar surface area (TPSA) is 76.1 Å². The van der Waals surface area contributed by atoms with Gasteiger partial charge in [-0.05, 0) is 49.7 Å². The van der Waals surface area contributed by atoms with Crippen molar-refractivity contribution in [1.29, 1.82) is 0 Å². The first-order chi connectivity index (χ1) is 13.0. The van der Waals surface area contributed by atoms with Gasteiger partial charge in [0.15, 0.2) is 0 Å². The highest BCUT2D eigenvalue weighted by Gasteiger charge is 2.11. The minimum atomic E-state index is -0.305. The Morgan fingerprint density at radius 3 is 2.63 bits per heavy atom. The molecule has 0 aliphatic heterocycles. The number of aromatic nitrogens is 2. The minimum Gasteiger partial charge on any atom is -0.495 e. The minimum absolute atomic E-state index is 0.257. The van der Waals surface area contributed by atoms with Gasteiger partial charge >= 0.3 is 0 Å². The van der Waals surface area contributed by atoms with Crippen molar-refractivity contribution in [3.8, 4) is 5.75 Å². The van der Waals surface area contributed by atoms with Crippen LogP contribution < -0.4 is 15.4 Å². The van der Waals surface area contributed by atoms with E-state index in [9.17, 15) is 4.79 Å². The Bertz CT molecular complexity index is 991. The molecule has 0 radical (unpaired) electrons. The lowest BCUT2D eigenvalue weighted by Crippen LogP contribution is -2.15. The molecule has 138 valence electrons. The number of nitrogens with zero attached hydrogens (tertiary/aromatic N) is 2. The lowest BCUT2D eigenvalue weighted by molar-refractivity contribution is 0.102. The summed E-state index contributed by atoms with van der Waals surface area (Å²) in [5.41, 5.74) is 3.82. The van der Waals surface area contributed by atoms with E-state index in [2.05, 4.69) is 20.6 Å². The fraction of sp³-hybridized carbons (Fsp3) is 0.150. The monoisotopic (exact) mass is 382 g/mol. The first-order valence-corrected chi connectivity index (χ1v) is 8.66. The van der Waals surface area contributed by atoms with Gasteiger partial charge in [0, 0.05) is 17.6 Å². The van der Waals surface area contributed by atoms with Crippen LogP contribution in [0.5, 0.6) is 5.75 Å². The van der Waals surface area contributed by atoms with Crippen molar-refractivity contribution >= 4 is 34.8 Å². The zero-order chi connectivity index (χ0) is 19.4. The Hall–Kier alpha value is -3.12. The number of halogens is 1. The second-order valence-corrected chi connectivity index (χ2v) is 6.42. The van der Waals surface area contributed by atoms with Gasteiger partial charge in [-0.25, -0.2) is 9.97 Å². The third-order valence-corrected chi connectivity index (χ3v) is 4.22. The van der Waals surface area contributed by atoms with Gasteiger partial charge in [-0.3, -0.25) is 4.79 Å². The fourth-order valence-corrected chi connectivity index (χ4v) is 2.82. The molecule has 0 saturated carbocycles. The van der Waals surface area contributed by atoms with Gasteiger partial charge in [0.1, 0.15) is 11.4 Å². The summed E-state index contributed by atoms with van der Waals surface area (Å²) in [4.78, 5) is 21.0. The number of carbonyl (C=O) groups is 1. The average Bonchev–Trinajstić information content (AvgIpc) is 2.64. The highest BCUT2D eigenvalue weighted by atomic mass is 35.5. The van der Waals surface area contributed by atoms with Crippen molar-refractivity contribution in [3.05, 3.63) is 70.5 Å². The molecule has 2 aromatic carbocycles. The smallest absolute Gasteiger partial charge is 0.274 e. The Balaban J connectivity index is 1.76. The molecule has 0 unspecified atom stereocenters. The predicted molar refractivity (Wildman–Crippen MR) is 107 cm³/mol. The summed E-state index contributed by atoms with van der Waals surface area (Å²) in [6, 6.07) is 12.6. The van der Waals surface area contributed by atoms with Crippen LogP contribution in [0.3, 0.4) is 0 Å². The van der Waals surface area contributed by atoms with Crippen molar-refractivity contribution in [3.63, 3.8) is 0 Å². The second kappa shape index (κ2) is 8.05. The quantitative estimate of drug-likeness (QED) is 0.665. The highest BCUT2D eigenvalue weighted by Crippen LogP contribution is 2.28. The van der Waals surface area contributed by atoms with Gasteiger partial charge in [-0.1, -0.05) is 29.3 Å². The zero-order valence-electron chi connectivity index (χ0n) is 15.2. The molecule has 3 aromatic rings.